The Balaban J connectivity index is 2.09. The highest BCUT2D eigenvalue weighted by Crippen LogP contribution is 2.35. The number of halogens is 3. The van der Waals surface area contributed by atoms with Gasteiger partial charge in [-0.15, -0.1) is 0 Å². The summed E-state index contributed by atoms with van der Waals surface area (Å²) in [4.78, 5) is 32.8. The smallest absolute Gasteiger partial charge is 0.416 e. The standard InChI is InChI=1S/C17H12F3N3O4/c1-26-10-6-8(17(18,19)20)5-9(7-10)23-13-14(24)11-12(22-4-3-21-11)15(25)16(13)27-2/h3-7,23H,1-2H3. The van der Waals surface area contributed by atoms with Gasteiger partial charge in [0.2, 0.25) is 5.78 Å². The number of hydrogen-bond donors (Lipinski definition) is 1. The summed E-state index contributed by atoms with van der Waals surface area (Å²) in [5, 5.41) is 2.53. The molecule has 1 heterocycles. The molecule has 1 aliphatic rings. The molecule has 2 aromatic rings. The lowest BCUT2D eigenvalue weighted by Gasteiger charge is -2.20. The molecular formula is C17H12F3N3O4. The van der Waals surface area contributed by atoms with Crippen molar-refractivity contribution in [1.29, 1.82) is 0 Å². The van der Waals surface area contributed by atoms with Gasteiger partial charge in [-0.1, -0.05) is 0 Å². The third-order valence-corrected chi connectivity index (χ3v) is 3.73. The second kappa shape index (κ2) is 6.71. The fourth-order valence-electron chi connectivity index (χ4n) is 2.52. The van der Waals surface area contributed by atoms with Crippen molar-refractivity contribution in [3.8, 4) is 5.75 Å². The normalized spacial score (nSPS) is 14.1. The van der Waals surface area contributed by atoms with Crippen LogP contribution in [0.3, 0.4) is 0 Å². The summed E-state index contributed by atoms with van der Waals surface area (Å²) < 4.78 is 49.1. The third kappa shape index (κ3) is 3.33. The Morgan fingerprint density at radius 3 is 2.11 bits per heavy atom. The molecule has 0 atom stereocenters. The van der Waals surface area contributed by atoms with Crippen molar-refractivity contribution in [2.24, 2.45) is 0 Å². The van der Waals surface area contributed by atoms with Crippen molar-refractivity contribution >= 4 is 17.3 Å². The molecular weight excluding hydrogens is 367 g/mol. The summed E-state index contributed by atoms with van der Waals surface area (Å²) in [7, 11) is 2.37. The van der Waals surface area contributed by atoms with Crippen LogP contribution in [0.2, 0.25) is 0 Å². The summed E-state index contributed by atoms with van der Waals surface area (Å²) in [5.74, 6) is -1.89. The first kappa shape index (κ1) is 18.4. The van der Waals surface area contributed by atoms with Crippen LogP contribution in [0.1, 0.15) is 26.5 Å². The quantitative estimate of drug-likeness (QED) is 0.874. The van der Waals surface area contributed by atoms with Crippen LogP contribution in [0.15, 0.2) is 42.0 Å². The maximum absolute atomic E-state index is 13.1. The number of aromatic nitrogens is 2. The van der Waals surface area contributed by atoms with E-state index in [9.17, 15) is 22.8 Å². The van der Waals surface area contributed by atoms with Crippen LogP contribution in [0.25, 0.3) is 0 Å². The zero-order valence-electron chi connectivity index (χ0n) is 14.0. The first-order chi connectivity index (χ1) is 12.8. The van der Waals surface area contributed by atoms with Gasteiger partial charge < -0.3 is 14.8 Å². The number of hydrogen-bond acceptors (Lipinski definition) is 7. The van der Waals surface area contributed by atoms with Crippen molar-refractivity contribution in [2.75, 3.05) is 19.5 Å². The topological polar surface area (TPSA) is 90.4 Å². The van der Waals surface area contributed by atoms with Gasteiger partial charge in [-0.2, -0.15) is 13.2 Å². The number of anilines is 1. The van der Waals surface area contributed by atoms with Gasteiger partial charge >= 0.3 is 6.18 Å². The van der Waals surface area contributed by atoms with Crippen molar-refractivity contribution in [3.05, 3.63) is 59.0 Å². The number of carbonyl (C=O) groups is 2. The van der Waals surface area contributed by atoms with Gasteiger partial charge in [-0.05, 0) is 12.1 Å². The Bertz CT molecular complexity index is 970. The molecule has 1 aliphatic carbocycles. The molecule has 0 fully saturated rings. The summed E-state index contributed by atoms with van der Waals surface area (Å²) in [6.45, 7) is 0. The van der Waals surface area contributed by atoms with Gasteiger partial charge in [0.15, 0.2) is 5.76 Å². The summed E-state index contributed by atoms with van der Waals surface area (Å²) in [6.07, 6.45) is -2.16. The molecule has 0 spiro atoms. The summed E-state index contributed by atoms with van der Waals surface area (Å²) in [5.41, 5.74) is -1.84. The lowest BCUT2D eigenvalue weighted by molar-refractivity contribution is -0.137. The van der Waals surface area contributed by atoms with Crippen molar-refractivity contribution in [2.45, 2.75) is 6.18 Å². The molecule has 7 nitrogen and oxygen atoms in total. The van der Waals surface area contributed by atoms with Crippen LogP contribution < -0.4 is 10.1 Å². The molecule has 0 unspecified atom stereocenters. The summed E-state index contributed by atoms with van der Waals surface area (Å²) >= 11 is 0. The lowest BCUT2D eigenvalue weighted by atomic mass is 9.99. The SMILES string of the molecule is COC1=C(Nc2cc(OC)cc(C(F)(F)F)c2)C(=O)c2nccnc2C1=O. The number of methoxy groups -OCH3 is 2. The second-order valence-corrected chi connectivity index (χ2v) is 5.39. The van der Waals surface area contributed by atoms with E-state index in [2.05, 4.69) is 15.3 Å². The van der Waals surface area contributed by atoms with Gasteiger partial charge in [-0.25, -0.2) is 9.97 Å². The molecule has 0 amide bonds. The van der Waals surface area contributed by atoms with Crippen molar-refractivity contribution in [1.82, 2.24) is 9.97 Å². The average Bonchev–Trinajstić information content (AvgIpc) is 2.65. The maximum atomic E-state index is 13.1. The first-order valence-electron chi connectivity index (χ1n) is 7.48. The predicted molar refractivity (Wildman–Crippen MR) is 86.3 cm³/mol. The largest absolute Gasteiger partial charge is 0.497 e. The first-order valence-corrected chi connectivity index (χ1v) is 7.48. The van der Waals surface area contributed by atoms with Crippen LogP contribution in [0.4, 0.5) is 18.9 Å². The number of ether oxygens (including phenoxy) is 2. The fraction of sp³-hybridized carbons (Fsp3) is 0.176. The number of fused-ring (bicyclic) bond motifs is 1. The Morgan fingerprint density at radius 2 is 1.56 bits per heavy atom. The minimum atomic E-state index is -4.63. The predicted octanol–water partition coefficient (Wildman–Crippen LogP) is 2.85. The van der Waals surface area contributed by atoms with Crippen LogP contribution in [-0.4, -0.2) is 35.8 Å². The van der Waals surface area contributed by atoms with Gasteiger partial charge in [0.05, 0.1) is 19.8 Å². The molecule has 0 saturated carbocycles. The number of allylic oxidation sites excluding steroid dienone is 2. The number of benzene rings is 1. The average molecular weight is 379 g/mol. The van der Waals surface area contributed by atoms with E-state index in [-0.39, 0.29) is 34.3 Å². The number of Topliss-reactive ketones (excluding diaryl/α,β-unsaturated/α-hetero) is 2. The van der Waals surface area contributed by atoms with Crippen molar-refractivity contribution < 1.29 is 32.2 Å². The van der Waals surface area contributed by atoms with E-state index in [4.69, 9.17) is 9.47 Å². The van der Waals surface area contributed by atoms with Crippen LogP contribution >= 0.6 is 0 Å². The molecule has 0 aliphatic heterocycles. The van der Waals surface area contributed by atoms with E-state index in [1.165, 1.54) is 25.6 Å². The Labute approximate surface area is 150 Å². The molecule has 3 rings (SSSR count). The Morgan fingerprint density at radius 1 is 0.926 bits per heavy atom. The third-order valence-electron chi connectivity index (χ3n) is 3.73. The lowest BCUT2D eigenvalue weighted by Crippen LogP contribution is -2.29. The highest BCUT2D eigenvalue weighted by atomic mass is 19.4. The second-order valence-electron chi connectivity index (χ2n) is 5.39. The number of carbonyl (C=O) groups excluding carboxylic acids is 2. The van der Waals surface area contributed by atoms with Crippen LogP contribution in [0, 0.1) is 0 Å². The van der Waals surface area contributed by atoms with E-state index >= 15 is 0 Å². The molecule has 1 N–H and O–H groups in total. The minimum Gasteiger partial charge on any atom is -0.497 e. The highest BCUT2D eigenvalue weighted by Gasteiger charge is 2.36. The monoisotopic (exact) mass is 379 g/mol. The zero-order chi connectivity index (χ0) is 19.8. The van der Waals surface area contributed by atoms with E-state index in [1.54, 1.807) is 0 Å². The van der Waals surface area contributed by atoms with Crippen LogP contribution in [0.5, 0.6) is 5.75 Å². The van der Waals surface area contributed by atoms with Gasteiger partial charge in [0, 0.05) is 24.1 Å². The van der Waals surface area contributed by atoms with Crippen molar-refractivity contribution in [3.63, 3.8) is 0 Å². The molecule has 1 aromatic heterocycles. The van der Waals surface area contributed by atoms with Gasteiger partial charge in [0.25, 0.3) is 5.78 Å². The Hall–Kier alpha value is -3.43. The maximum Gasteiger partial charge on any atom is 0.416 e. The number of alkyl halides is 3. The Kier molecular flexibility index (Phi) is 4.56. The molecule has 140 valence electrons. The summed E-state index contributed by atoms with van der Waals surface area (Å²) in [6, 6.07) is 2.84. The highest BCUT2D eigenvalue weighted by molar-refractivity contribution is 6.25. The number of nitrogens with zero attached hydrogens (tertiary/aromatic N) is 2. The van der Waals surface area contributed by atoms with E-state index in [1.807, 2.05) is 0 Å². The molecule has 27 heavy (non-hydrogen) atoms. The zero-order valence-corrected chi connectivity index (χ0v) is 14.0. The minimum absolute atomic E-state index is 0.0818. The fourth-order valence-corrected chi connectivity index (χ4v) is 2.52. The van der Waals surface area contributed by atoms with E-state index in [0.717, 1.165) is 19.2 Å². The molecule has 0 bridgehead atoms. The number of nitrogens with one attached hydrogen (secondary N) is 1. The number of ketones is 2. The van der Waals surface area contributed by atoms with Crippen LogP contribution in [-0.2, 0) is 10.9 Å². The van der Waals surface area contributed by atoms with E-state index < -0.39 is 23.3 Å². The molecule has 0 saturated heterocycles. The van der Waals surface area contributed by atoms with Gasteiger partial charge in [-0.3, -0.25) is 9.59 Å². The molecule has 0 radical (unpaired) electrons. The molecule has 1 aromatic carbocycles. The van der Waals surface area contributed by atoms with E-state index in [0.29, 0.717) is 0 Å². The van der Waals surface area contributed by atoms with Gasteiger partial charge in [0.1, 0.15) is 22.8 Å². The molecule has 10 heteroatoms. The number of rotatable bonds is 4.